The summed E-state index contributed by atoms with van der Waals surface area (Å²) < 4.78 is 19.3. The average molecular weight is 277 g/mol. The van der Waals surface area contributed by atoms with Gasteiger partial charge < -0.3 is 10.5 Å². The Bertz CT molecular complexity index is 560. The first-order chi connectivity index (χ1) is 9.26. The lowest BCUT2D eigenvalue weighted by atomic mass is 10.1. The van der Waals surface area contributed by atoms with Crippen molar-refractivity contribution in [3.05, 3.63) is 53.8 Å². The molecule has 0 saturated carbocycles. The van der Waals surface area contributed by atoms with E-state index in [-0.39, 0.29) is 5.82 Å². The summed E-state index contributed by atoms with van der Waals surface area (Å²) in [5.74, 6) is 0.524. The number of benzene rings is 2. The summed E-state index contributed by atoms with van der Waals surface area (Å²) in [7, 11) is 1.61. The Hall–Kier alpha value is -1.52. The number of hydrogen-bond donors (Lipinski definition) is 1. The molecular formula is C15H16FNOS. The van der Waals surface area contributed by atoms with Crippen LogP contribution >= 0.6 is 11.8 Å². The Balaban J connectivity index is 2.37. The monoisotopic (exact) mass is 277 g/mol. The first-order valence-electron chi connectivity index (χ1n) is 6.04. The molecule has 0 saturated heterocycles. The molecule has 0 fully saturated rings. The van der Waals surface area contributed by atoms with Gasteiger partial charge in [-0.3, -0.25) is 0 Å². The van der Waals surface area contributed by atoms with Gasteiger partial charge in [0.2, 0.25) is 0 Å². The van der Waals surface area contributed by atoms with Crippen LogP contribution in [0, 0.1) is 5.82 Å². The molecular weight excluding hydrogens is 261 g/mol. The van der Waals surface area contributed by atoms with E-state index in [4.69, 9.17) is 10.5 Å². The molecule has 0 amide bonds. The highest BCUT2D eigenvalue weighted by molar-refractivity contribution is 7.99. The molecule has 2 aromatic carbocycles. The molecule has 19 heavy (non-hydrogen) atoms. The van der Waals surface area contributed by atoms with E-state index in [0.29, 0.717) is 17.9 Å². The third-order valence-corrected chi connectivity index (χ3v) is 3.96. The SMILES string of the molecule is COc1ccccc1Sc1c(F)cccc1CCN. The molecule has 0 aromatic heterocycles. The van der Waals surface area contributed by atoms with Crippen LogP contribution in [0.4, 0.5) is 4.39 Å². The topological polar surface area (TPSA) is 35.2 Å². The molecule has 0 radical (unpaired) electrons. The minimum atomic E-state index is -0.221. The number of rotatable bonds is 5. The summed E-state index contributed by atoms with van der Waals surface area (Å²) >= 11 is 1.38. The predicted octanol–water partition coefficient (Wildman–Crippen LogP) is 3.49. The summed E-state index contributed by atoms with van der Waals surface area (Å²) in [4.78, 5) is 1.52. The summed E-state index contributed by atoms with van der Waals surface area (Å²) in [6.45, 7) is 0.503. The molecule has 0 bridgehead atoms. The van der Waals surface area contributed by atoms with Crippen LogP contribution in [0.3, 0.4) is 0 Å². The first kappa shape index (κ1) is 13.9. The Morgan fingerprint density at radius 3 is 2.68 bits per heavy atom. The maximum absolute atomic E-state index is 14.0. The molecule has 0 unspecified atom stereocenters. The number of ether oxygens (including phenoxy) is 1. The van der Waals surface area contributed by atoms with Crippen molar-refractivity contribution in [2.45, 2.75) is 16.2 Å². The second-order valence-electron chi connectivity index (χ2n) is 4.02. The van der Waals surface area contributed by atoms with Gasteiger partial charge in [-0.2, -0.15) is 0 Å². The largest absolute Gasteiger partial charge is 0.496 e. The van der Waals surface area contributed by atoms with Gasteiger partial charge in [-0.1, -0.05) is 36.0 Å². The Labute approximate surface area is 116 Å². The van der Waals surface area contributed by atoms with E-state index in [2.05, 4.69) is 0 Å². The van der Waals surface area contributed by atoms with Crippen molar-refractivity contribution in [2.75, 3.05) is 13.7 Å². The van der Waals surface area contributed by atoms with Gasteiger partial charge in [0.15, 0.2) is 0 Å². The van der Waals surface area contributed by atoms with E-state index in [0.717, 1.165) is 16.2 Å². The summed E-state index contributed by atoms with van der Waals surface area (Å²) in [6.07, 6.45) is 0.662. The van der Waals surface area contributed by atoms with E-state index in [1.165, 1.54) is 17.8 Å². The molecule has 0 aliphatic carbocycles. The van der Waals surface area contributed by atoms with Gasteiger partial charge >= 0.3 is 0 Å². The molecule has 2 rings (SSSR count). The summed E-state index contributed by atoms with van der Waals surface area (Å²) in [6, 6.07) is 12.7. The zero-order valence-electron chi connectivity index (χ0n) is 10.7. The lowest BCUT2D eigenvalue weighted by Gasteiger charge is -2.12. The fourth-order valence-corrected chi connectivity index (χ4v) is 2.92. The Morgan fingerprint density at radius 1 is 1.16 bits per heavy atom. The van der Waals surface area contributed by atoms with E-state index in [1.54, 1.807) is 13.2 Å². The van der Waals surface area contributed by atoms with Crippen LogP contribution in [0.5, 0.6) is 5.75 Å². The van der Waals surface area contributed by atoms with E-state index in [1.807, 2.05) is 30.3 Å². The normalized spacial score (nSPS) is 10.5. The average Bonchev–Trinajstić information content (AvgIpc) is 2.43. The van der Waals surface area contributed by atoms with Crippen LogP contribution in [0.25, 0.3) is 0 Å². The smallest absolute Gasteiger partial charge is 0.137 e. The Morgan fingerprint density at radius 2 is 1.95 bits per heavy atom. The van der Waals surface area contributed by atoms with Crippen molar-refractivity contribution < 1.29 is 9.13 Å². The highest BCUT2D eigenvalue weighted by Crippen LogP contribution is 2.37. The molecule has 0 spiro atoms. The van der Waals surface area contributed by atoms with E-state index in [9.17, 15) is 4.39 Å². The van der Waals surface area contributed by atoms with Crippen molar-refractivity contribution >= 4 is 11.8 Å². The quantitative estimate of drug-likeness (QED) is 0.908. The van der Waals surface area contributed by atoms with Gasteiger partial charge in [-0.15, -0.1) is 0 Å². The van der Waals surface area contributed by atoms with E-state index >= 15 is 0 Å². The van der Waals surface area contributed by atoms with Crippen molar-refractivity contribution in [3.63, 3.8) is 0 Å². The lowest BCUT2D eigenvalue weighted by Crippen LogP contribution is -2.04. The van der Waals surface area contributed by atoms with Crippen LogP contribution in [-0.2, 0) is 6.42 Å². The van der Waals surface area contributed by atoms with Gasteiger partial charge in [0.25, 0.3) is 0 Å². The number of methoxy groups -OCH3 is 1. The van der Waals surface area contributed by atoms with Gasteiger partial charge in [0, 0.05) is 0 Å². The molecule has 0 heterocycles. The third kappa shape index (κ3) is 3.28. The van der Waals surface area contributed by atoms with Crippen molar-refractivity contribution in [2.24, 2.45) is 5.73 Å². The third-order valence-electron chi connectivity index (χ3n) is 2.74. The van der Waals surface area contributed by atoms with Crippen LogP contribution < -0.4 is 10.5 Å². The maximum atomic E-state index is 14.0. The molecule has 0 aliphatic rings. The number of nitrogens with two attached hydrogens (primary N) is 1. The highest BCUT2D eigenvalue weighted by Gasteiger charge is 2.12. The standard InChI is InChI=1S/C15H16FNOS/c1-18-13-7-2-3-8-14(13)19-15-11(9-10-17)5-4-6-12(15)16/h2-8H,9-10,17H2,1H3. The first-order valence-corrected chi connectivity index (χ1v) is 6.86. The summed E-state index contributed by atoms with van der Waals surface area (Å²) in [5.41, 5.74) is 6.50. The molecule has 2 N–H and O–H groups in total. The van der Waals surface area contributed by atoms with Gasteiger partial charge in [-0.25, -0.2) is 4.39 Å². The van der Waals surface area contributed by atoms with Gasteiger partial charge in [0.05, 0.1) is 16.9 Å². The molecule has 4 heteroatoms. The van der Waals surface area contributed by atoms with Crippen LogP contribution in [0.1, 0.15) is 5.56 Å². The van der Waals surface area contributed by atoms with Crippen molar-refractivity contribution in [3.8, 4) is 5.75 Å². The second kappa shape index (κ2) is 6.59. The Kier molecular flexibility index (Phi) is 4.82. The highest BCUT2D eigenvalue weighted by atomic mass is 32.2. The minimum absolute atomic E-state index is 0.221. The van der Waals surface area contributed by atoms with Crippen LogP contribution in [-0.4, -0.2) is 13.7 Å². The fourth-order valence-electron chi connectivity index (χ4n) is 1.83. The van der Waals surface area contributed by atoms with Crippen molar-refractivity contribution in [1.82, 2.24) is 0 Å². The second-order valence-corrected chi connectivity index (χ2v) is 5.07. The zero-order valence-corrected chi connectivity index (χ0v) is 11.5. The molecule has 100 valence electrons. The van der Waals surface area contributed by atoms with Crippen LogP contribution in [0.2, 0.25) is 0 Å². The summed E-state index contributed by atoms with van der Waals surface area (Å²) in [5, 5.41) is 0. The van der Waals surface area contributed by atoms with E-state index < -0.39 is 0 Å². The number of halogens is 1. The fraction of sp³-hybridized carbons (Fsp3) is 0.200. The van der Waals surface area contributed by atoms with Gasteiger partial charge in [0.1, 0.15) is 11.6 Å². The van der Waals surface area contributed by atoms with Crippen LogP contribution in [0.15, 0.2) is 52.3 Å². The number of para-hydroxylation sites is 1. The molecule has 0 aliphatic heterocycles. The minimum Gasteiger partial charge on any atom is -0.496 e. The van der Waals surface area contributed by atoms with Gasteiger partial charge in [-0.05, 0) is 36.7 Å². The number of hydrogen-bond acceptors (Lipinski definition) is 3. The predicted molar refractivity (Wildman–Crippen MR) is 76.3 cm³/mol. The molecule has 2 aromatic rings. The maximum Gasteiger partial charge on any atom is 0.137 e. The lowest BCUT2D eigenvalue weighted by molar-refractivity contribution is 0.405. The molecule has 0 atom stereocenters. The molecule has 2 nitrogen and oxygen atoms in total. The van der Waals surface area contributed by atoms with Crippen molar-refractivity contribution in [1.29, 1.82) is 0 Å². The zero-order chi connectivity index (χ0) is 13.7.